The Morgan fingerprint density at radius 3 is 1.86 bits per heavy atom. The van der Waals surface area contributed by atoms with Crippen molar-refractivity contribution >= 4 is 31.2 Å². The highest BCUT2D eigenvalue weighted by Gasteiger charge is 2.39. The molecule has 11 nitrogen and oxygen atoms in total. The van der Waals surface area contributed by atoms with E-state index in [-0.39, 0.29) is 30.8 Å². The van der Waals surface area contributed by atoms with Crippen molar-refractivity contribution < 1.29 is 38.1 Å². The lowest BCUT2D eigenvalue weighted by Gasteiger charge is -2.31. The highest BCUT2D eigenvalue weighted by atomic mass is 31.2. The molecule has 0 bridgehead atoms. The van der Waals surface area contributed by atoms with E-state index < -0.39 is 60.9 Å². The summed E-state index contributed by atoms with van der Waals surface area (Å²) in [6.07, 6.45) is -0.315. The third-order valence-corrected chi connectivity index (χ3v) is 9.07. The van der Waals surface area contributed by atoms with Gasteiger partial charge in [0.05, 0.1) is 0 Å². The summed E-state index contributed by atoms with van der Waals surface area (Å²) in [6.45, 7) is 16.0. The number of esters is 1. The number of carbonyl (C=O) groups excluding carboxylic acids is 4. The van der Waals surface area contributed by atoms with Gasteiger partial charge >= 0.3 is 12.1 Å². The predicted molar refractivity (Wildman–Crippen MR) is 166 cm³/mol. The molecule has 0 spiro atoms. The van der Waals surface area contributed by atoms with E-state index in [9.17, 15) is 28.6 Å². The van der Waals surface area contributed by atoms with Crippen LogP contribution in [-0.4, -0.2) is 58.4 Å². The van der Waals surface area contributed by atoms with Gasteiger partial charge in [0.25, 0.3) is 0 Å². The average molecular weight is 626 g/mol. The van der Waals surface area contributed by atoms with Crippen LogP contribution in [0.25, 0.3) is 0 Å². The third-order valence-electron chi connectivity index (χ3n) is 7.04. The number of carbonyl (C=O) groups is 4. The molecule has 0 radical (unpaired) electrons. The Labute approximate surface area is 256 Å². The largest absolute Gasteiger partial charge is 0.460 e. The molecular weight excluding hydrogens is 573 g/mol. The van der Waals surface area contributed by atoms with Crippen molar-refractivity contribution in [1.29, 1.82) is 0 Å². The number of hydrogen-bond donors (Lipinski definition) is 4. The van der Waals surface area contributed by atoms with Crippen molar-refractivity contribution in [3.63, 3.8) is 0 Å². The van der Waals surface area contributed by atoms with E-state index in [4.69, 9.17) is 9.47 Å². The Balaban J connectivity index is 3.11. The summed E-state index contributed by atoms with van der Waals surface area (Å²) in [7, 11) is -4.25. The summed E-state index contributed by atoms with van der Waals surface area (Å²) in [5, 5.41) is 8.04. The topological polar surface area (TPSA) is 160 Å². The van der Waals surface area contributed by atoms with Crippen LogP contribution in [0.2, 0.25) is 0 Å². The number of nitrogens with one attached hydrogen (secondary N) is 3. The van der Waals surface area contributed by atoms with Gasteiger partial charge < -0.3 is 30.3 Å². The van der Waals surface area contributed by atoms with Gasteiger partial charge in [0.2, 0.25) is 19.2 Å². The monoisotopic (exact) mass is 625 g/mol. The second-order valence-electron chi connectivity index (χ2n) is 12.6. The molecule has 12 heteroatoms. The van der Waals surface area contributed by atoms with Gasteiger partial charge in [-0.05, 0) is 50.5 Å². The molecule has 0 aromatic heterocycles. The summed E-state index contributed by atoms with van der Waals surface area (Å²) < 4.78 is 23.9. The molecule has 0 fully saturated rings. The smallest absolute Gasteiger partial charge is 0.408 e. The first-order valence-corrected chi connectivity index (χ1v) is 16.9. The zero-order valence-electron chi connectivity index (χ0n) is 27.1. The third kappa shape index (κ3) is 13.9. The Bertz CT molecular complexity index is 1110. The van der Waals surface area contributed by atoms with E-state index in [2.05, 4.69) is 16.0 Å². The minimum atomic E-state index is -4.25. The predicted octanol–water partition coefficient (Wildman–Crippen LogP) is 4.96. The number of hydrogen-bond acceptors (Lipinski definition) is 7. The molecule has 244 valence electrons. The standard InChI is InChI=1S/C31H52N3O8P/c1-10-21(5)26(28(36)32-24(17-20(3)4)43(39,40)19-25(35)42-31(7,8)9)33-29(37)27(22(6)11-2)34-30(38)41-18-23-15-13-12-14-16-23/h12-16,20-22,24,26-27H,10-11,17-19H2,1-9H3,(H,32,36)(H,33,37)(H,34,38)(H,39,40)/t21-,22-,24?,26-,27-/m0/s1. The zero-order valence-corrected chi connectivity index (χ0v) is 28.0. The molecule has 1 aromatic rings. The van der Waals surface area contributed by atoms with Gasteiger partial charge in [-0.25, -0.2) is 4.79 Å². The van der Waals surface area contributed by atoms with Crippen molar-refractivity contribution in [1.82, 2.24) is 16.0 Å². The minimum Gasteiger partial charge on any atom is -0.460 e. The molecular formula is C31H52N3O8P. The first-order valence-electron chi connectivity index (χ1n) is 15.0. The lowest BCUT2D eigenvalue weighted by Crippen LogP contribution is -2.58. The van der Waals surface area contributed by atoms with Crippen molar-refractivity contribution in [3.8, 4) is 0 Å². The first kappa shape index (κ1) is 38.1. The van der Waals surface area contributed by atoms with Crippen LogP contribution in [0.1, 0.15) is 87.1 Å². The Morgan fingerprint density at radius 1 is 0.860 bits per heavy atom. The molecule has 43 heavy (non-hydrogen) atoms. The summed E-state index contributed by atoms with van der Waals surface area (Å²) >= 11 is 0. The fourth-order valence-electron chi connectivity index (χ4n) is 4.23. The van der Waals surface area contributed by atoms with Gasteiger partial charge in [-0.15, -0.1) is 0 Å². The van der Waals surface area contributed by atoms with Crippen molar-refractivity contribution in [3.05, 3.63) is 35.9 Å². The summed E-state index contributed by atoms with van der Waals surface area (Å²) in [5.41, 5.74) is -0.0481. The number of amides is 3. The van der Waals surface area contributed by atoms with Crippen LogP contribution in [0.4, 0.5) is 4.79 Å². The summed E-state index contributed by atoms with van der Waals surface area (Å²) in [5.74, 6) is -4.02. The maximum absolute atomic E-state index is 13.6. The van der Waals surface area contributed by atoms with Gasteiger partial charge in [0, 0.05) is 0 Å². The maximum atomic E-state index is 13.6. The summed E-state index contributed by atoms with van der Waals surface area (Å²) in [6, 6.07) is 7.07. The van der Waals surface area contributed by atoms with Crippen LogP contribution in [0.5, 0.6) is 0 Å². The van der Waals surface area contributed by atoms with E-state index in [1.165, 1.54) is 0 Å². The highest BCUT2D eigenvalue weighted by Crippen LogP contribution is 2.47. The van der Waals surface area contributed by atoms with E-state index in [1.807, 2.05) is 58.0 Å². The van der Waals surface area contributed by atoms with Crippen LogP contribution < -0.4 is 16.0 Å². The maximum Gasteiger partial charge on any atom is 0.408 e. The second-order valence-corrected chi connectivity index (χ2v) is 15.0. The average Bonchev–Trinajstić information content (AvgIpc) is 2.90. The second kappa shape index (κ2) is 17.4. The molecule has 1 rings (SSSR count). The van der Waals surface area contributed by atoms with Gasteiger partial charge in [0.15, 0.2) is 0 Å². The zero-order chi connectivity index (χ0) is 33.0. The van der Waals surface area contributed by atoms with Gasteiger partial charge in [-0.1, -0.05) is 84.7 Å². The fourth-order valence-corrected chi connectivity index (χ4v) is 5.97. The lowest BCUT2D eigenvalue weighted by atomic mass is 9.95. The molecule has 0 saturated carbocycles. The minimum absolute atomic E-state index is 0.0289. The van der Waals surface area contributed by atoms with E-state index in [1.54, 1.807) is 34.6 Å². The van der Waals surface area contributed by atoms with Crippen LogP contribution in [0.15, 0.2) is 30.3 Å². The summed E-state index contributed by atoms with van der Waals surface area (Å²) in [4.78, 5) is 63.0. The molecule has 0 heterocycles. The van der Waals surface area contributed by atoms with Gasteiger partial charge in [-0.3, -0.25) is 18.9 Å². The Hall–Kier alpha value is -2.91. The van der Waals surface area contributed by atoms with Crippen molar-refractivity contribution in [2.24, 2.45) is 17.8 Å². The van der Waals surface area contributed by atoms with Crippen molar-refractivity contribution in [2.75, 3.05) is 6.16 Å². The van der Waals surface area contributed by atoms with Gasteiger partial charge in [-0.2, -0.15) is 0 Å². The molecule has 0 saturated heterocycles. The molecule has 1 aromatic carbocycles. The molecule has 0 aliphatic carbocycles. The number of ether oxygens (including phenoxy) is 2. The lowest BCUT2D eigenvalue weighted by molar-refractivity contribution is -0.151. The normalized spacial score (nSPS) is 16.5. The quantitative estimate of drug-likeness (QED) is 0.148. The number of rotatable bonds is 16. The fraction of sp³-hybridized carbons (Fsp3) is 0.677. The molecule has 0 aliphatic rings. The molecule has 3 amide bonds. The number of alkyl carbamates (subject to hydrolysis) is 1. The van der Waals surface area contributed by atoms with E-state index in [0.29, 0.717) is 12.8 Å². The van der Waals surface area contributed by atoms with Crippen LogP contribution in [0.3, 0.4) is 0 Å². The molecule has 6 atom stereocenters. The SMILES string of the molecule is CC[C@H](C)[C@H](NC(=O)OCc1ccccc1)C(=O)N[C@H](C(=O)NC(CC(C)C)P(=O)(O)CC(=O)OC(C)(C)C)[C@@H](C)CC. The van der Waals surface area contributed by atoms with Crippen LogP contribution in [-0.2, 0) is 35.0 Å². The van der Waals surface area contributed by atoms with E-state index >= 15 is 0 Å². The van der Waals surface area contributed by atoms with Crippen LogP contribution >= 0.6 is 7.37 Å². The van der Waals surface area contributed by atoms with Gasteiger partial charge in [0.1, 0.15) is 36.2 Å². The van der Waals surface area contributed by atoms with Crippen LogP contribution in [0, 0.1) is 17.8 Å². The number of benzene rings is 1. The Kier molecular flexibility index (Phi) is 15.4. The van der Waals surface area contributed by atoms with E-state index in [0.717, 1.165) is 5.56 Å². The van der Waals surface area contributed by atoms with Crippen molar-refractivity contribution in [2.45, 2.75) is 112 Å². The highest BCUT2D eigenvalue weighted by molar-refractivity contribution is 7.59. The molecule has 0 aliphatic heterocycles. The first-order chi connectivity index (χ1) is 19.9. The Morgan fingerprint density at radius 2 is 1.37 bits per heavy atom. The molecule has 2 unspecified atom stereocenters. The molecule has 4 N–H and O–H groups in total.